The van der Waals surface area contributed by atoms with Gasteiger partial charge in [0.15, 0.2) is 5.69 Å². The Kier molecular flexibility index (Phi) is 7.25. The number of carbonyl (C=O) groups is 2. The van der Waals surface area contributed by atoms with E-state index in [9.17, 15) is 9.59 Å². The molecule has 8 nitrogen and oxygen atoms in total. The Morgan fingerprint density at radius 2 is 1.82 bits per heavy atom. The predicted molar refractivity (Wildman–Crippen MR) is 129 cm³/mol. The van der Waals surface area contributed by atoms with Crippen molar-refractivity contribution in [2.75, 3.05) is 26.7 Å². The molecule has 1 saturated heterocycles. The van der Waals surface area contributed by atoms with Gasteiger partial charge in [-0.1, -0.05) is 36.4 Å². The Morgan fingerprint density at radius 1 is 1.09 bits per heavy atom. The molecule has 2 amide bonds. The van der Waals surface area contributed by atoms with E-state index in [2.05, 4.69) is 17.2 Å². The molecule has 0 radical (unpaired) electrons. The molecule has 178 valence electrons. The Labute approximate surface area is 200 Å². The van der Waals surface area contributed by atoms with E-state index in [1.807, 2.05) is 71.3 Å². The van der Waals surface area contributed by atoms with Crippen molar-refractivity contribution in [1.29, 1.82) is 0 Å². The van der Waals surface area contributed by atoms with Gasteiger partial charge in [0.05, 0.1) is 18.5 Å². The van der Waals surface area contributed by atoms with E-state index < -0.39 is 0 Å². The molecule has 0 aliphatic carbocycles. The molecule has 0 atom stereocenters. The summed E-state index contributed by atoms with van der Waals surface area (Å²) in [6.45, 7) is 5.82. The number of piperidine rings is 1. The van der Waals surface area contributed by atoms with Crippen molar-refractivity contribution in [2.24, 2.45) is 0 Å². The minimum absolute atomic E-state index is 0.0458. The SMILES string of the molecule is CCCN(C(=O)c1nnn(-c2cccc(OC)c2)c1C)C1CCN(C(=O)c2ccccc2)CC1. The summed E-state index contributed by atoms with van der Waals surface area (Å²) in [5, 5.41) is 8.49. The maximum Gasteiger partial charge on any atom is 0.276 e. The zero-order valence-electron chi connectivity index (χ0n) is 20.0. The molecule has 0 bridgehead atoms. The van der Waals surface area contributed by atoms with Crippen molar-refractivity contribution in [1.82, 2.24) is 24.8 Å². The van der Waals surface area contributed by atoms with Crippen molar-refractivity contribution in [2.45, 2.75) is 39.2 Å². The van der Waals surface area contributed by atoms with Crippen LogP contribution in [0.4, 0.5) is 0 Å². The first-order valence-electron chi connectivity index (χ1n) is 11.8. The van der Waals surface area contributed by atoms with Gasteiger partial charge in [0.1, 0.15) is 5.75 Å². The zero-order valence-corrected chi connectivity index (χ0v) is 20.0. The number of hydrogen-bond donors (Lipinski definition) is 0. The standard InChI is InChI=1S/C26H31N5O3/c1-4-15-30(21-13-16-29(17-14-21)25(32)20-9-6-5-7-10-20)26(33)24-19(2)31(28-27-24)22-11-8-12-23(18-22)34-3/h5-12,18,21H,4,13-17H2,1-3H3. The van der Waals surface area contributed by atoms with Crippen LogP contribution in [0.5, 0.6) is 5.75 Å². The Morgan fingerprint density at radius 3 is 2.50 bits per heavy atom. The van der Waals surface area contributed by atoms with Crippen LogP contribution in [0.25, 0.3) is 5.69 Å². The summed E-state index contributed by atoms with van der Waals surface area (Å²) in [7, 11) is 1.61. The van der Waals surface area contributed by atoms with Gasteiger partial charge in [-0.25, -0.2) is 4.68 Å². The molecular formula is C26H31N5O3. The van der Waals surface area contributed by atoms with Crippen molar-refractivity contribution in [3.8, 4) is 11.4 Å². The Balaban J connectivity index is 1.48. The highest BCUT2D eigenvalue weighted by atomic mass is 16.5. The summed E-state index contributed by atoms with van der Waals surface area (Å²) in [5.41, 5.74) is 2.54. The number of rotatable bonds is 7. The Hall–Kier alpha value is -3.68. The van der Waals surface area contributed by atoms with E-state index in [4.69, 9.17) is 4.74 Å². The zero-order chi connectivity index (χ0) is 24.1. The van der Waals surface area contributed by atoms with E-state index in [0.29, 0.717) is 42.3 Å². The highest BCUT2D eigenvalue weighted by Crippen LogP contribution is 2.23. The summed E-state index contributed by atoms with van der Waals surface area (Å²) < 4.78 is 6.98. The fourth-order valence-corrected chi connectivity index (χ4v) is 4.49. The summed E-state index contributed by atoms with van der Waals surface area (Å²) in [5.74, 6) is 0.649. The lowest BCUT2D eigenvalue weighted by Gasteiger charge is -2.38. The maximum atomic E-state index is 13.6. The van der Waals surface area contributed by atoms with Gasteiger partial charge in [0.25, 0.3) is 11.8 Å². The van der Waals surface area contributed by atoms with Gasteiger partial charge in [-0.15, -0.1) is 5.10 Å². The second kappa shape index (κ2) is 10.5. The molecule has 0 N–H and O–H groups in total. The maximum absolute atomic E-state index is 13.6. The van der Waals surface area contributed by atoms with Gasteiger partial charge < -0.3 is 14.5 Å². The van der Waals surface area contributed by atoms with Crippen LogP contribution in [-0.2, 0) is 0 Å². The van der Waals surface area contributed by atoms with Gasteiger partial charge in [-0.2, -0.15) is 0 Å². The molecule has 0 spiro atoms. The third-order valence-electron chi connectivity index (χ3n) is 6.33. The molecule has 0 unspecified atom stereocenters. The molecule has 3 aromatic rings. The van der Waals surface area contributed by atoms with E-state index >= 15 is 0 Å². The van der Waals surface area contributed by atoms with Gasteiger partial charge >= 0.3 is 0 Å². The van der Waals surface area contributed by atoms with E-state index in [-0.39, 0.29) is 17.9 Å². The van der Waals surface area contributed by atoms with Crippen molar-refractivity contribution in [3.05, 3.63) is 71.5 Å². The molecule has 0 saturated carbocycles. The number of nitrogens with zero attached hydrogens (tertiary/aromatic N) is 5. The van der Waals surface area contributed by atoms with E-state index in [1.165, 1.54) is 0 Å². The molecule has 1 aliphatic heterocycles. The first-order valence-corrected chi connectivity index (χ1v) is 11.8. The smallest absolute Gasteiger partial charge is 0.276 e. The van der Waals surface area contributed by atoms with Crippen LogP contribution in [0.1, 0.15) is 52.7 Å². The molecule has 2 aromatic carbocycles. The fraction of sp³-hybridized carbons (Fsp3) is 0.385. The van der Waals surface area contributed by atoms with Crippen molar-refractivity contribution < 1.29 is 14.3 Å². The van der Waals surface area contributed by atoms with Gasteiger partial charge in [0, 0.05) is 37.3 Å². The molecule has 34 heavy (non-hydrogen) atoms. The first kappa shape index (κ1) is 23.5. The first-order chi connectivity index (χ1) is 16.5. The van der Waals surface area contributed by atoms with Crippen LogP contribution in [-0.4, -0.2) is 69.4 Å². The second-order valence-electron chi connectivity index (χ2n) is 8.52. The quantitative estimate of drug-likeness (QED) is 0.535. The number of aromatic nitrogens is 3. The van der Waals surface area contributed by atoms with Gasteiger partial charge in [-0.05, 0) is 50.5 Å². The normalized spacial score (nSPS) is 14.1. The van der Waals surface area contributed by atoms with Crippen LogP contribution in [0.2, 0.25) is 0 Å². The van der Waals surface area contributed by atoms with Crippen LogP contribution in [0.15, 0.2) is 54.6 Å². The molecule has 1 fully saturated rings. The van der Waals surface area contributed by atoms with E-state index in [1.54, 1.807) is 11.8 Å². The van der Waals surface area contributed by atoms with Crippen molar-refractivity contribution >= 4 is 11.8 Å². The number of ether oxygens (including phenoxy) is 1. The molecule has 1 aromatic heterocycles. The number of amides is 2. The third-order valence-corrected chi connectivity index (χ3v) is 6.33. The topological polar surface area (TPSA) is 80.6 Å². The van der Waals surface area contributed by atoms with Crippen LogP contribution in [0, 0.1) is 6.92 Å². The number of carbonyl (C=O) groups excluding carboxylic acids is 2. The molecule has 4 rings (SSSR count). The summed E-state index contributed by atoms with van der Waals surface area (Å²) >= 11 is 0. The number of likely N-dealkylation sites (tertiary alicyclic amines) is 1. The lowest BCUT2D eigenvalue weighted by molar-refractivity contribution is 0.0515. The highest BCUT2D eigenvalue weighted by molar-refractivity contribution is 5.95. The minimum atomic E-state index is -0.110. The number of hydrogen-bond acceptors (Lipinski definition) is 5. The minimum Gasteiger partial charge on any atom is -0.497 e. The van der Waals surface area contributed by atoms with Gasteiger partial charge in [-0.3, -0.25) is 9.59 Å². The highest BCUT2D eigenvalue weighted by Gasteiger charge is 2.32. The van der Waals surface area contributed by atoms with Crippen LogP contribution >= 0.6 is 0 Å². The average Bonchev–Trinajstić information content (AvgIpc) is 3.28. The van der Waals surface area contributed by atoms with E-state index in [0.717, 1.165) is 24.9 Å². The summed E-state index contributed by atoms with van der Waals surface area (Å²) in [6.07, 6.45) is 2.33. The second-order valence-corrected chi connectivity index (χ2v) is 8.52. The Bertz CT molecular complexity index is 1140. The average molecular weight is 462 g/mol. The number of benzene rings is 2. The molecule has 2 heterocycles. The van der Waals surface area contributed by atoms with Crippen molar-refractivity contribution in [3.63, 3.8) is 0 Å². The molecule has 8 heteroatoms. The van der Waals surface area contributed by atoms with Crippen LogP contribution in [0.3, 0.4) is 0 Å². The monoisotopic (exact) mass is 461 g/mol. The summed E-state index contributed by atoms with van der Waals surface area (Å²) in [4.78, 5) is 30.2. The summed E-state index contributed by atoms with van der Waals surface area (Å²) in [6, 6.07) is 16.9. The molecule has 1 aliphatic rings. The largest absolute Gasteiger partial charge is 0.497 e. The predicted octanol–water partition coefficient (Wildman–Crippen LogP) is 3.74. The third kappa shape index (κ3) is 4.81. The fourth-order valence-electron chi connectivity index (χ4n) is 4.49. The van der Waals surface area contributed by atoms with Crippen LogP contribution < -0.4 is 4.74 Å². The van der Waals surface area contributed by atoms with Gasteiger partial charge in [0.2, 0.25) is 0 Å². The lowest BCUT2D eigenvalue weighted by Crippen LogP contribution is -2.49. The lowest BCUT2D eigenvalue weighted by atomic mass is 10.0. The molecular weight excluding hydrogens is 430 g/mol. The number of methoxy groups -OCH3 is 1.